The number of carbonyl (C=O) groups excluding carboxylic acids is 9. The van der Waals surface area contributed by atoms with Crippen LogP contribution in [-0.2, 0) is 57.6 Å². The fourth-order valence-electron chi connectivity index (χ4n) is 9.57. The summed E-state index contributed by atoms with van der Waals surface area (Å²) in [6.07, 6.45) is 7.10. The van der Waals surface area contributed by atoms with Gasteiger partial charge in [0.15, 0.2) is 0 Å². The molecule has 3 aromatic carbocycles. The van der Waals surface area contributed by atoms with Crippen LogP contribution in [0, 0.1) is 5.92 Å². The molecule has 2 aliphatic heterocycles. The second kappa shape index (κ2) is 27.6. The molecule has 2 saturated heterocycles. The molecule has 0 aliphatic carbocycles. The van der Waals surface area contributed by atoms with Crippen molar-refractivity contribution in [2.24, 2.45) is 11.7 Å². The Morgan fingerprint density at radius 2 is 1.26 bits per heavy atom. The minimum absolute atomic E-state index is 0.0304. The highest BCUT2D eigenvalue weighted by molar-refractivity contribution is 8.00. The van der Waals surface area contributed by atoms with Crippen LogP contribution in [0.3, 0.4) is 0 Å². The number of urea groups is 1. The molecule has 1 unspecified atom stereocenters. The number of carbonyl (C=O) groups is 9. The van der Waals surface area contributed by atoms with Gasteiger partial charge in [0, 0.05) is 77.4 Å². The fraction of sp³-hybridized carbons (Fsp3) is 0.415. The molecule has 76 heavy (non-hydrogen) atoms. The first-order chi connectivity index (χ1) is 36.7. The van der Waals surface area contributed by atoms with Crippen LogP contribution in [0.15, 0.2) is 91.3 Å². The maximum atomic E-state index is 14.6. The highest BCUT2D eigenvalue weighted by atomic mass is 32.2. The molecule has 0 spiro atoms. The van der Waals surface area contributed by atoms with E-state index in [2.05, 4.69) is 52.5 Å². The lowest BCUT2D eigenvalue weighted by Gasteiger charge is -2.25. The minimum Gasteiger partial charge on any atom is -0.368 e. The first-order valence-corrected chi connectivity index (χ1v) is 26.6. The van der Waals surface area contributed by atoms with Crippen molar-refractivity contribution in [3.8, 4) is 0 Å². The van der Waals surface area contributed by atoms with E-state index in [4.69, 9.17) is 5.73 Å². The summed E-state index contributed by atoms with van der Waals surface area (Å²) in [7, 11) is 0. The van der Waals surface area contributed by atoms with Crippen molar-refractivity contribution in [3.63, 3.8) is 0 Å². The first kappa shape index (κ1) is 55.8. The van der Waals surface area contributed by atoms with Crippen molar-refractivity contribution in [1.82, 2.24) is 58.0 Å². The summed E-state index contributed by atoms with van der Waals surface area (Å²) in [4.78, 5) is 124. The molecule has 23 heteroatoms. The molecular weight excluding hydrogens is 997 g/mol. The Bertz CT molecular complexity index is 2860. The lowest BCUT2D eigenvalue weighted by atomic mass is 9.94. The average Bonchev–Trinajstić information content (AvgIpc) is 4.22. The van der Waals surface area contributed by atoms with Crippen molar-refractivity contribution >= 4 is 86.9 Å². The van der Waals surface area contributed by atoms with Crippen LogP contribution in [0.2, 0.25) is 0 Å². The number of hydroxylamine groups is 1. The van der Waals surface area contributed by atoms with Crippen LogP contribution in [0.4, 0.5) is 4.79 Å². The number of rotatable bonds is 29. The Kier molecular flexibility index (Phi) is 20.2. The number of benzene rings is 3. The van der Waals surface area contributed by atoms with Crippen LogP contribution in [0.25, 0.3) is 21.8 Å². The van der Waals surface area contributed by atoms with Crippen LogP contribution in [0.1, 0.15) is 68.1 Å². The van der Waals surface area contributed by atoms with Crippen molar-refractivity contribution in [2.75, 3.05) is 25.4 Å². The fourth-order valence-corrected chi connectivity index (χ4v) is 11.1. The zero-order valence-electron chi connectivity index (χ0n) is 41.9. The number of primary amides is 1. The number of amides is 10. The number of aromatic nitrogens is 2. The molecule has 7 rings (SSSR count). The van der Waals surface area contributed by atoms with Gasteiger partial charge in [0.1, 0.15) is 18.1 Å². The van der Waals surface area contributed by atoms with E-state index in [0.29, 0.717) is 42.2 Å². The summed E-state index contributed by atoms with van der Waals surface area (Å²) in [5.41, 5.74) is 10.8. The summed E-state index contributed by atoms with van der Waals surface area (Å²) in [5, 5.41) is 33.2. The van der Waals surface area contributed by atoms with Gasteiger partial charge in [-0.1, -0.05) is 73.2 Å². The molecule has 22 nitrogen and oxygen atoms in total. The molecule has 2 aromatic heterocycles. The van der Waals surface area contributed by atoms with Gasteiger partial charge in [0.25, 0.3) is 0 Å². The molecule has 7 atom stereocenters. The van der Waals surface area contributed by atoms with Gasteiger partial charge in [-0.05, 0) is 67.3 Å². The van der Waals surface area contributed by atoms with E-state index in [1.807, 2.05) is 60.3 Å². The summed E-state index contributed by atoms with van der Waals surface area (Å²) in [6, 6.07) is 20.3. The maximum absolute atomic E-state index is 14.6. The van der Waals surface area contributed by atoms with Gasteiger partial charge in [-0.3, -0.25) is 43.6 Å². The molecule has 5 aromatic rings. The number of hydrogen-bond acceptors (Lipinski definition) is 11. The number of hydrogen-bond donors (Lipinski definition) is 13. The van der Waals surface area contributed by atoms with Gasteiger partial charge < -0.3 is 58.2 Å². The predicted molar refractivity (Wildman–Crippen MR) is 284 cm³/mol. The quantitative estimate of drug-likeness (QED) is 0.0140. The van der Waals surface area contributed by atoms with Crippen LogP contribution in [-0.4, -0.2) is 129 Å². The molecular formula is C53H66N12O10S. The molecule has 14 N–H and O–H groups in total. The van der Waals surface area contributed by atoms with Crippen LogP contribution < -0.4 is 53.7 Å². The molecule has 0 saturated carbocycles. The topological polar surface area (TPSA) is 340 Å². The standard InChI is InChI=1S/C53H66N12O10S/c54-49(70)39(18-10-11-21-55-44(66)20-9-8-19-43-48-42(30-76-43)63-53(74)64-48)60-47(69)29-58-46(68)28-59-51(72)40(23-33-26-56-37-16-6-4-14-35(33)37)62-52(73)41(24-34-27-57-38-17-7-5-15-36(34)38)61-50(71)32(25-45(67)65-75)22-31-12-2-1-3-13-31/h1-7,12-17,26-27,32,39-43,48,56-57,75H,8-11,18-25,28-30H2,(H2,54,70)(H,55,66)(H,58,68)(H,59,72)(H,60,69)(H,61,71)(H,62,73)(H,65,67)(H2,63,64,74)/t32?,39-,40-,41-,42-,43-,48-/m0/s1. The second-order valence-corrected chi connectivity index (χ2v) is 20.4. The summed E-state index contributed by atoms with van der Waals surface area (Å²) < 4.78 is 0. The van der Waals surface area contributed by atoms with Crippen molar-refractivity contribution in [3.05, 3.63) is 108 Å². The largest absolute Gasteiger partial charge is 0.368 e. The monoisotopic (exact) mass is 1060 g/mol. The van der Waals surface area contributed by atoms with Gasteiger partial charge in [0.2, 0.25) is 47.3 Å². The summed E-state index contributed by atoms with van der Waals surface area (Å²) in [6.45, 7) is -0.771. The molecule has 2 aliphatic rings. The minimum atomic E-state index is -1.30. The number of para-hydroxylation sites is 2. The smallest absolute Gasteiger partial charge is 0.315 e. The van der Waals surface area contributed by atoms with Crippen molar-refractivity contribution in [2.45, 2.75) is 106 Å². The normalized spacial score (nSPS) is 17.2. The molecule has 0 bridgehead atoms. The average molecular weight is 1060 g/mol. The number of H-pyrrole nitrogens is 2. The van der Waals surface area contributed by atoms with Gasteiger partial charge in [0.05, 0.1) is 31.1 Å². The molecule has 10 amide bonds. The van der Waals surface area contributed by atoms with E-state index < -0.39 is 84.9 Å². The Morgan fingerprint density at radius 1 is 0.632 bits per heavy atom. The van der Waals surface area contributed by atoms with E-state index in [9.17, 15) is 48.4 Å². The second-order valence-electron chi connectivity index (χ2n) is 19.1. The number of unbranched alkanes of at least 4 members (excludes halogenated alkanes) is 2. The Morgan fingerprint density at radius 3 is 1.93 bits per heavy atom. The first-order valence-electron chi connectivity index (χ1n) is 25.5. The highest BCUT2D eigenvalue weighted by Gasteiger charge is 2.42. The van der Waals surface area contributed by atoms with Crippen molar-refractivity contribution < 1.29 is 48.4 Å². The molecule has 4 heterocycles. The number of aromatic amines is 2. The third-order valence-electron chi connectivity index (χ3n) is 13.6. The van der Waals surface area contributed by atoms with Gasteiger partial charge in [-0.15, -0.1) is 0 Å². The predicted octanol–water partition coefficient (Wildman–Crippen LogP) is 1.37. The van der Waals surface area contributed by atoms with E-state index in [-0.39, 0.29) is 49.7 Å². The zero-order valence-corrected chi connectivity index (χ0v) is 42.7. The molecule has 2 fully saturated rings. The highest BCUT2D eigenvalue weighted by Crippen LogP contribution is 2.33. The zero-order chi connectivity index (χ0) is 54.0. The number of nitrogens with one attached hydrogen (secondary N) is 11. The van der Waals surface area contributed by atoms with E-state index in [1.165, 1.54) is 0 Å². The molecule has 404 valence electrons. The SMILES string of the molecule is NC(=O)[C@H](CCCCNC(=O)CCCC[C@@H]1SC[C@@H]2NC(=O)N[C@@H]21)NC(=O)CNC(=O)CNC(=O)[C@H](Cc1c[nH]c2ccccc12)NC(=O)[C@H](Cc1c[nH]c2ccccc12)NC(=O)C(CC(=O)NO)Cc1ccccc1. The lowest BCUT2D eigenvalue weighted by Crippen LogP contribution is -2.56. The van der Waals surface area contributed by atoms with Crippen molar-refractivity contribution in [1.29, 1.82) is 0 Å². The Labute approximate surface area is 442 Å². The number of nitrogens with two attached hydrogens (primary N) is 1. The third kappa shape index (κ3) is 16.0. The van der Waals surface area contributed by atoms with Gasteiger partial charge in [-0.25, -0.2) is 10.3 Å². The third-order valence-corrected chi connectivity index (χ3v) is 15.1. The van der Waals surface area contributed by atoms with E-state index in [0.717, 1.165) is 52.4 Å². The Balaban J connectivity index is 0.912. The van der Waals surface area contributed by atoms with Crippen LogP contribution >= 0.6 is 11.8 Å². The van der Waals surface area contributed by atoms with Gasteiger partial charge in [-0.2, -0.15) is 11.8 Å². The summed E-state index contributed by atoms with van der Waals surface area (Å²) in [5.74, 6) is -5.38. The lowest BCUT2D eigenvalue weighted by molar-refractivity contribution is -0.136. The van der Waals surface area contributed by atoms with E-state index in [1.54, 1.807) is 48.2 Å². The summed E-state index contributed by atoms with van der Waals surface area (Å²) >= 11 is 1.84. The van der Waals surface area contributed by atoms with Crippen LogP contribution in [0.5, 0.6) is 0 Å². The number of fused-ring (bicyclic) bond motifs is 3. The van der Waals surface area contributed by atoms with Gasteiger partial charge >= 0.3 is 6.03 Å². The Hall–Kier alpha value is -7.92. The molecule has 0 radical (unpaired) electrons. The maximum Gasteiger partial charge on any atom is 0.315 e. The van der Waals surface area contributed by atoms with E-state index >= 15 is 0 Å². The number of thioether (sulfide) groups is 1.